The molecule has 0 bridgehead atoms. The molecule has 0 saturated carbocycles. The number of nitrogens with zero attached hydrogens (tertiary/aromatic N) is 4. The van der Waals surface area contributed by atoms with Crippen molar-refractivity contribution in [2.24, 2.45) is 0 Å². The Morgan fingerprint density at radius 3 is 3.00 bits per heavy atom. The second-order valence-electron chi connectivity index (χ2n) is 4.74. The predicted molar refractivity (Wildman–Crippen MR) is 74.5 cm³/mol. The number of benzene rings is 1. The SMILES string of the molecule is C[NH2+]c1ncnc2c1ncn2Cc1cccc2c1OCO2.[Cl-]. The molecular formula is C14H14ClN5O2. The van der Waals surface area contributed by atoms with E-state index in [1.165, 1.54) is 0 Å². The fourth-order valence-electron chi connectivity index (χ4n) is 2.52. The molecule has 2 aromatic heterocycles. The van der Waals surface area contributed by atoms with E-state index >= 15 is 0 Å². The lowest BCUT2D eigenvalue weighted by Crippen LogP contribution is -3.00. The van der Waals surface area contributed by atoms with Crippen LogP contribution in [0.5, 0.6) is 11.5 Å². The average molecular weight is 320 g/mol. The minimum atomic E-state index is 0. The summed E-state index contributed by atoms with van der Waals surface area (Å²) in [5, 5.41) is 1.93. The van der Waals surface area contributed by atoms with Gasteiger partial charge in [-0.15, -0.1) is 0 Å². The van der Waals surface area contributed by atoms with Crippen molar-refractivity contribution in [3.8, 4) is 11.5 Å². The highest BCUT2D eigenvalue weighted by Crippen LogP contribution is 2.35. The monoisotopic (exact) mass is 319 g/mol. The van der Waals surface area contributed by atoms with Gasteiger partial charge in [-0.3, -0.25) is 5.32 Å². The Morgan fingerprint density at radius 1 is 1.23 bits per heavy atom. The van der Waals surface area contributed by atoms with Crippen molar-refractivity contribution in [2.75, 3.05) is 13.8 Å². The van der Waals surface area contributed by atoms with E-state index in [0.717, 1.165) is 34.0 Å². The molecule has 0 spiro atoms. The Balaban J connectivity index is 0.00000144. The molecule has 0 unspecified atom stereocenters. The van der Waals surface area contributed by atoms with E-state index in [4.69, 9.17) is 9.47 Å². The van der Waals surface area contributed by atoms with E-state index in [2.05, 4.69) is 15.0 Å². The van der Waals surface area contributed by atoms with Crippen molar-refractivity contribution in [3.05, 3.63) is 36.4 Å². The van der Waals surface area contributed by atoms with E-state index < -0.39 is 0 Å². The van der Waals surface area contributed by atoms with Crippen LogP contribution in [0.4, 0.5) is 5.82 Å². The third-order valence-corrected chi connectivity index (χ3v) is 3.52. The lowest BCUT2D eigenvalue weighted by molar-refractivity contribution is -0.541. The zero-order chi connectivity index (χ0) is 14.2. The minimum Gasteiger partial charge on any atom is -1.00 e. The minimum absolute atomic E-state index is 0. The second-order valence-corrected chi connectivity index (χ2v) is 4.74. The summed E-state index contributed by atoms with van der Waals surface area (Å²) in [5.41, 5.74) is 2.67. The van der Waals surface area contributed by atoms with Crippen molar-refractivity contribution in [1.82, 2.24) is 19.5 Å². The number of hydrogen-bond acceptors (Lipinski definition) is 5. The van der Waals surface area contributed by atoms with Crippen LogP contribution in [-0.2, 0) is 6.54 Å². The maximum Gasteiger partial charge on any atom is 0.255 e. The number of halogens is 1. The van der Waals surface area contributed by atoms with Gasteiger partial charge in [0.05, 0.1) is 19.9 Å². The van der Waals surface area contributed by atoms with Gasteiger partial charge in [0.1, 0.15) is 6.33 Å². The zero-order valence-electron chi connectivity index (χ0n) is 11.9. The Labute approximate surface area is 132 Å². The van der Waals surface area contributed by atoms with Crippen LogP contribution < -0.4 is 27.2 Å². The summed E-state index contributed by atoms with van der Waals surface area (Å²) in [6.07, 6.45) is 3.34. The first-order chi connectivity index (χ1) is 10.4. The zero-order valence-corrected chi connectivity index (χ0v) is 12.6. The molecule has 1 aliphatic heterocycles. The fraction of sp³-hybridized carbons (Fsp3) is 0.214. The molecule has 3 aromatic rings. The number of imidazole rings is 1. The van der Waals surface area contributed by atoms with E-state index in [9.17, 15) is 0 Å². The summed E-state index contributed by atoms with van der Waals surface area (Å²) < 4.78 is 12.9. The van der Waals surface area contributed by atoms with E-state index in [0.29, 0.717) is 6.54 Å². The van der Waals surface area contributed by atoms with Gasteiger partial charge in [-0.1, -0.05) is 12.1 Å². The van der Waals surface area contributed by atoms with Gasteiger partial charge in [-0.2, -0.15) is 4.98 Å². The molecule has 4 rings (SSSR count). The van der Waals surface area contributed by atoms with Gasteiger partial charge in [0.2, 0.25) is 6.79 Å². The normalized spacial score (nSPS) is 12.4. The van der Waals surface area contributed by atoms with Crippen molar-refractivity contribution in [2.45, 2.75) is 6.54 Å². The summed E-state index contributed by atoms with van der Waals surface area (Å²) in [7, 11) is 1.94. The van der Waals surface area contributed by atoms with Gasteiger partial charge in [0.15, 0.2) is 22.7 Å². The number of fused-ring (bicyclic) bond motifs is 2. The van der Waals surface area contributed by atoms with Crippen molar-refractivity contribution in [3.63, 3.8) is 0 Å². The van der Waals surface area contributed by atoms with Gasteiger partial charge in [-0.05, 0) is 6.07 Å². The lowest BCUT2D eigenvalue weighted by Gasteiger charge is -2.07. The van der Waals surface area contributed by atoms with Crippen LogP contribution in [0.15, 0.2) is 30.9 Å². The summed E-state index contributed by atoms with van der Waals surface area (Å²) in [6, 6.07) is 5.89. The molecule has 22 heavy (non-hydrogen) atoms. The Bertz CT molecular complexity index is 820. The van der Waals surface area contributed by atoms with Gasteiger partial charge in [0.25, 0.3) is 5.82 Å². The van der Waals surface area contributed by atoms with Crippen LogP contribution in [0.2, 0.25) is 0 Å². The smallest absolute Gasteiger partial charge is 0.255 e. The first kappa shape index (κ1) is 14.6. The lowest BCUT2D eigenvalue weighted by atomic mass is 10.2. The number of para-hydroxylation sites is 1. The van der Waals surface area contributed by atoms with Crippen LogP contribution in [0.3, 0.4) is 0 Å². The molecule has 8 heteroatoms. The molecule has 1 aromatic carbocycles. The van der Waals surface area contributed by atoms with Crippen LogP contribution in [0.1, 0.15) is 5.56 Å². The molecule has 0 saturated heterocycles. The molecule has 3 heterocycles. The summed E-state index contributed by atoms with van der Waals surface area (Å²) in [4.78, 5) is 13.0. The number of nitrogens with two attached hydrogens (primary N) is 1. The fourth-order valence-corrected chi connectivity index (χ4v) is 2.52. The molecule has 114 valence electrons. The Hall–Kier alpha value is -2.38. The first-order valence-electron chi connectivity index (χ1n) is 6.69. The molecule has 2 N–H and O–H groups in total. The number of hydrogen-bond donors (Lipinski definition) is 1. The molecule has 0 aliphatic carbocycles. The van der Waals surface area contributed by atoms with Gasteiger partial charge in [0, 0.05) is 5.56 Å². The van der Waals surface area contributed by atoms with E-state index in [-0.39, 0.29) is 19.2 Å². The van der Waals surface area contributed by atoms with Crippen LogP contribution in [-0.4, -0.2) is 33.4 Å². The first-order valence-corrected chi connectivity index (χ1v) is 6.69. The van der Waals surface area contributed by atoms with Crippen molar-refractivity contribution in [1.29, 1.82) is 0 Å². The highest BCUT2D eigenvalue weighted by molar-refractivity contribution is 5.78. The van der Waals surface area contributed by atoms with Gasteiger partial charge in [-0.25, -0.2) is 9.97 Å². The molecule has 1 aliphatic rings. The molecular weight excluding hydrogens is 306 g/mol. The summed E-state index contributed by atoms with van der Waals surface area (Å²) in [5.74, 6) is 2.43. The molecule has 0 atom stereocenters. The largest absolute Gasteiger partial charge is 1.00 e. The van der Waals surface area contributed by atoms with E-state index in [1.54, 1.807) is 12.7 Å². The van der Waals surface area contributed by atoms with E-state index in [1.807, 2.05) is 35.1 Å². The Morgan fingerprint density at radius 2 is 2.14 bits per heavy atom. The van der Waals surface area contributed by atoms with Gasteiger partial charge >= 0.3 is 0 Å². The van der Waals surface area contributed by atoms with Crippen LogP contribution in [0, 0.1) is 0 Å². The van der Waals surface area contributed by atoms with Crippen LogP contribution >= 0.6 is 0 Å². The van der Waals surface area contributed by atoms with Crippen LogP contribution in [0.25, 0.3) is 11.2 Å². The molecule has 7 nitrogen and oxygen atoms in total. The number of ether oxygens (including phenoxy) is 2. The molecule has 0 radical (unpaired) electrons. The summed E-state index contributed by atoms with van der Waals surface area (Å²) >= 11 is 0. The number of rotatable bonds is 3. The molecule has 0 fully saturated rings. The highest BCUT2D eigenvalue weighted by Gasteiger charge is 2.19. The highest BCUT2D eigenvalue weighted by atomic mass is 35.5. The third kappa shape index (κ3) is 2.24. The number of quaternary nitrogens is 1. The quantitative estimate of drug-likeness (QED) is 0.574. The van der Waals surface area contributed by atoms with Gasteiger partial charge < -0.3 is 26.4 Å². The maximum absolute atomic E-state index is 5.54. The molecule has 0 amide bonds. The summed E-state index contributed by atoms with van der Waals surface area (Å²) in [6.45, 7) is 0.900. The standard InChI is InChI=1S/C14H13N5O2.ClH/c1-15-13-11-14(17-6-16-13)19(7-18-11)5-9-3-2-4-10-12(9)21-8-20-10;/h2-4,6-7H,5,8H2,1H3,(H,15,16,17);1H. The second kappa shape index (κ2) is 5.78. The Kier molecular flexibility index (Phi) is 3.82. The topological polar surface area (TPSA) is 78.7 Å². The third-order valence-electron chi connectivity index (χ3n) is 3.52. The van der Waals surface area contributed by atoms with Crippen molar-refractivity contribution >= 4 is 17.0 Å². The van der Waals surface area contributed by atoms with Crippen molar-refractivity contribution < 1.29 is 27.2 Å². The number of aromatic nitrogens is 4. The average Bonchev–Trinajstić information content (AvgIpc) is 3.14. The predicted octanol–water partition coefficient (Wildman–Crippen LogP) is -2.57. The maximum atomic E-state index is 5.54.